The molecule has 0 saturated heterocycles. The van der Waals surface area contributed by atoms with E-state index in [2.05, 4.69) is 31.7 Å². The average Bonchev–Trinajstić information content (AvgIpc) is 2.37. The molecule has 0 amide bonds. The maximum absolute atomic E-state index is 12.3. The van der Waals surface area contributed by atoms with E-state index in [4.69, 9.17) is 0 Å². The second kappa shape index (κ2) is 8.17. The van der Waals surface area contributed by atoms with Crippen LogP contribution < -0.4 is 4.72 Å². The first-order valence-electron chi connectivity index (χ1n) is 6.75. The lowest BCUT2D eigenvalue weighted by Gasteiger charge is -2.28. The van der Waals surface area contributed by atoms with Gasteiger partial charge in [0, 0.05) is 28.2 Å². The van der Waals surface area contributed by atoms with Gasteiger partial charge in [-0.1, -0.05) is 12.2 Å². The third-order valence-electron chi connectivity index (χ3n) is 2.84. The maximum Gasteiger partial charge on any atom is 0.136 e. The fraction of sp³-hybridized carbons (Fsp3) is 0.533. The van der Waals surface area contributed by atoms with Gasteiger partial charge in [0.15, 0.2) is 0 Å². The van der Waals surface area contributed by atoms with E-state index in [9.17, 15) is 4.55 Å². The molecule has 0 radical (unpaired) electrons. The number of nitrogens with zero attached hydrogens (tertiary/aromatic N) is 1. The van der Waals surface area contributed by atoms with Crippen molar-refractivity contribution in [1.82, 2.24) is 9.71 Å². The van der Waals surface area contributed by atoms with Crippen molar-refractivity contribution >= 4 is 27.3 Å². The molecule has 0 saturated carbocycles. The summed E-state index contributed by atoms with van der Waals surface area (Å²) in [6.45, 7) is 7.93. The van der Waals surface area contributed by atoms with E-state index in [1.807, 2.05) is 39.8 Å². The van der Waals surface area contributed by atoms with Crippen molar-refractivity contribution in [3.63, 3.8) is 0 Å². The first kappa shape index (κ1) is 17.7. The van der Waals surface area contributed by atoms with Crippen molar-refractivity contribution in [3.05, 3.63) is 40.6 Å². The zero-order valence-electron chi connectivity index (χ0n) is 12.5. The number of rotatable bonds is 6. The quantitative estimate of drug-likeness (QED) is 0.609. The summed E-state index contributed by atoms with van der Waals surface area (Å²) in [6.07, 6.45) is 9.56. The number of nitrogens with one attached hydrogen (secondary N) is 1. The highest BCUT2D eigenvalue weighted by atomic mass is 79.9. The van der Waals surface area contributed by atoms with Crippen molar-refractivity contribution in [2.45, 2.75) is 51.3 Å². The second-order valence-electron chi connectivity index (χ2n) is 5.60. The van der Waals surface area contributed by atoms with E-state index in [0.717, 1.165) is 22.9 Å². The summed E-state index contributed by atoms with van der Waals surface area (Å²) in [6, 6.07) is 2.01. The Kier molecular flexibility index (Phi) is 7.23. The van der Waals surface area contributed by atoms with Crippen LogP contribution in [0.1, 0.15) is 52.1 Å². The predicted octanol–water partition coefficient (Wildman–Crippen LogP) is 4.29. The molecule has 1 heterocycles. The van der Waals surface area contributed by atoms with E-state index in [0.29, 0.717) is 0 Å². The number of pyridine rings is 1. The van der Waals surface area contributed by atoms with Crippen molar-refractivity contribution < 1.29 is 4.55 Å². The van der Waals surface area contributed by atoms with Gasteiger partial charge in [-0.25, -0.2) is 0 Å². The van der Waals surface area contributed by atoms with Crippen LogP contribution in [0.5, 0.6) is 0 Å². The molecule has 112 valence electrons. The van der Waals surface area contributed by atoms with Crippen LogP contribution >= 0.6 is 15.9 Å². The summed E-state index contributed by atoms with van der Waals surface area (Å²) in [7, 11) is 0. The van der Waals surface area contributed by atoms with Gasteiger partial charge >= 0.3 is 0 Å². The van der Waals surface area contributed by atoms with Crippen LogP contribution in [0.4, 0.5) is 0 Å². The highest BCUT2D eigenvalue weighted by Crippen LogP contribution is 2.28. The van der Waals surface area contributed by atoms with Crippen LogP contribution in [0.25, 0.3) is 0 Å². The Labute approximate surface area is 133 Å². The summed E-state index contributed by atoms with van der Waals surface area (Å²) < 4.78 is 16.3. The number of hydrogen-bond donors (Lipinski definition) is 1. The Morgan fingerprint density at radius 1 is 1.50 bits per heavy atom. The minimum atomic E-state index is -1.10. The normalized spacial score (nSPS) is 15.5. The highest BCUT2D eigenvalue weighted by molar-refractivity contribution is 9.10. The summed E-state index contributed by atoms with van der Waals surface area (Å²) >= 11 is 2.43. The zero-order valence-corrected chi connectivity index (χ0v) is 14.9. The predicted molar refractivity (Wildman–Crippen MR) is 89.8 cm³/mol. The molecule has 5 heteroatoms. The maximum atomic E-state index is 12.3. The van der Waals surface area contributed by atoms with Gasteiger partial charge in [0.2, 0.25) is 0 Å². The van der Waals surface area contributed by atoms with Gasteiger partial charge in [0.05, 0.1) is 6.04 Å². The second-order valence-corrected chi connectivity index (χ2v) is 8.45. The molecule has 1 aromatic heterocycles. The largest absolute Gasteiger partial charge is 0.598 e. The Morgan fingerprint density at radius 3 is 2.75 bits per heavy atom. The topological polar surface area (TPSA) is 48.0 Å². The van der Waals surface area contributed by atoms with Gasteiger partial charge in [0.25, 0.3) is 0 Å². The standard InChI is InChI=1S/C15H23BrN2OS/c1-5-6-7-8-14(18-20(19)15(2,3)4)12-9-10-17-11-13(12)16/h5-6,9-11,14,18H,7-8H2,1-4H3/b6-5-/t14-,20?/m1/s1. The first-order chi connectivity index (χ1) is 9.36. The Bertz CT molecular complexity index is 446. The van der Waals surface area contributed by atoms with Gasteiger partial charge < -0.3 is 4.55 Å². The van der Waals surface area contributed by atoms with E-state index in [-0.39, 0.29) is 10.8 Å². The van der Waals surface area contributed by atoms with Gasteiger partial charge in [0.1, 0.15) is 4.75 Å². The Morgan fingerprint density at radius 2 is 2.20 bits per heavy atom. The van der Waals surface area contributed by atoms with Crippen molar-refractivity contribution in [1.29, 1.82) is 0 Å². The monoisotopic (exact) mass is 358 g/mol. The molecule has 2 atom stereocenters. The summed E-state index contributed by atoms with van der Waals surface area (Å²) in [5, 5.41) is 0. The van der Waals surface area contributed by atoms with Gasteiger partial charge in [-0.05, 0) is 68.1 Å². The molecule has 0 aromatic carbocycles. The molecular formula is C15H23BrN2OS. The van der Waals surface area contributed by atoms with Crippen molar-refractivity contribution in [2.24, 2.45) is 0 Å². The summed E-state index contributed by atoms with van der Waals surface area (Å²) in [5.41, 5.74) is 1.10. The third-order valence-corrected chi connectivity index (χ3v) is 5.12. The number of halogens is 1. The molecule has 0 aliphatic heterocycles. The lowest BCUT2D eigenvalue weighted by Crippen LogP contribution is -2.41. The molecule has 3 nitrogen and oxygen atoms in total. The lowest BCUT2D eigenvalue weighted by atomic mass is 10.0. The average molecular weight is 359 g/mol. The number of hydrogen-bond acceptors (Lipinski definition) is 3. The van der Waals surface area contributed by atoms with Crippen LogP contribution in [0, 0.1) is 0 Å². The van der Waals surface area contributed by atoms with Gasteiger partial charge in [-0.3, -0.25) is 4.98 Å². The molecule has 0 bridgehead atoms. The number of allylic oxidation sites excluding steroid dienone is 2. The molecule has 1 aromatic rings. The van der Waals surface area contributed by atoms with Crippen LogP contribution in [-0.4, -0.2) is 14.3 Å². The molecule has 20 heavy (non-hydrogen) atoms. The highest BCUT2D eigenvalue weighted by Gasteiger charge is 2.30. The van der Waals surface area contributed by atoms with E-state index in [1.54, 1.807) is 12.4 Å². The van der Waals surface area contributed by atoms with Crippen molar-refractivity contribution in [2.75, 3.05) is 0 Å². The number of aromatic nitrogens is 1. The minimum Gasteiger partial charge on any atom is -0.598 e. The first-order valence-corrected chi connectivity index (χ1v) is 8.69. The molecule has 0 aliphatic rings. The fourth-order valence-electron chi connectivity index (χ4n) is 1.68. The van der Waals surface area contributed by atoms with Crippen LogP contribution in [0.2, 0.25) is 0 Å². The van der Waals surface area contributed by atoms with Gasteiger partial charge in [-0.2, -0.15) is 0 Å². The summed E-state index contributed by atoms with van der Waals surface area (Å²) in [5.74, 6) is 0. The SMILES string of the molecule is C/C=C\CC[C@@H](N[S+]([O-])C(C)(C)C)c1ccncc1Br. The molecule has 1 N–H and O–H groups in total. The molecule has 1 rings (SSSR count). The molecule has 0 aliphatic carbocycles. The molecule has 0 spiro atoms. The smallest absolute Gasteiger partial charge is 0.136 e. The van der Waals surface area contributed by atoms with E-state index < -0.39 is 11.4 Å². The lowest BCUT2D eigenvalue weighted by molar-refractivity contribution is 0.512. The van der Waals surface area contributed by atoms with Crippen LogP contribution in [0.15, 0.2) is 35.1 Å². The summed E-state index contributed by atoms with van der Waals surface area (Å²) in [4.78, 5) is 4.09. The minimum absolute atomic E-state index is 0.0450. The van der Waals surface area contributed by atoms with Gasteiger partial charge in [-0.15, -0.1) is 4.72 Å². The van der Waals surface area contributed by atoms with Crippen molar-refractivity contribution in [3.8, 4) is 0 Å². The van der Waals surface area contributed by atoms with Crippen LogP contribution in [-0.2, 0) is 11.4 Å². The molecule has 0 fully saturated rings. The van der Waals surface area contributed by atoms with Crippen LogP contribution in [0.3, 0.4) is 0 Å². The molecule has 1 unspecified atom stereocenters. The zero-order chi connectivity index (χ0) is 15.2. The fourth-order valence-corrected chi connectivity index (χ4v) is 3.07. The van der Waals surface area contributed by atoms with E-state index in [1.165, 1.54) is 0 Å². The Balaban J connectivity index is 2.88. The molecular weight excluding hydrogens is 336 g/mol. The van der Waals surface area contributed by atoms with E-state index >= 15 is 0 Å². The third kappa shape index (κ3) is 5.56. The Hall–Kier alpha value is -0.360.